The fraction of sp³-hybridized carbons (Fsp3) is 0.692. The van der Waals surface area contributed by atoms with Gasteiger partial charge in [-0.3, -0.25) is 0 Å². The SMILES string of the molecule is CCOC(=O)C1(O)C(=O)OC2(C)C(C)=C(C)C21C. The molecular formula is C13H18O5. The van der Waals surface area contributed by atoms with E-state index in [0.717, 1.165) is 11.1 Å². The van der Waals surface area contributed by atoms with Crippen molar-refractivity contribution in [2.45, 2.75) is 45.8 Å². The molecular weight excluding hydrogens is 236 g/mol. The highest BCUT2D eigenvalue weighted by molar-refractivity contribution is 6.08. The van der Waals surface area contributed by atoms with Crippen molar-refractivity contribution in [3.05, 3.63) is 11.1 Å². The van der Waals surface area contributed by atoms with Crippen LogP contribution in [0.5, 0.6) is 0 Å². The topological polar surface area (TPSA) is 72.8 Å². The van der Waals surface area contributed by atoms with Crippen LogP contribution < -0.4 is 0 Å². The molecule has 1 aliphatic heterocycles. The van der Waals surface area contributed by atoms with Gasteiger partial charge in [-0.05, 0) is 40.2 Å². The molecule has 3 unspecified atom stereocenters. The Bertz CT molecular complexity index is 480. The fourth-order valence-electron chi connectivity index (χ4n) is 3.18. The molecule has 0 radical (unpaired) electrons. The van der Waals surface area contributed by atoms with Gasteiger partial charge in [0.05, 0.1) is 12.0 Å². The summed E-state index contributed by atoms with van der Waals surface area (Å²) in [5.74, 6) is -1.87. The Kier molecular flexibility index (Phi) is 2.43. The number of aliphatic hydroxyl groups is 1. The van der Waals surface area contributed by atoms with E-state index in [0.29, 0.717) is 0 Å². The first-order valence-corrected chi connectivity index (χ1v) is 5.99. The third-order valence-corrected chi connectivity index (χ3v) is 4.87. The number of esters is 2. The van der Waals surface area contributed by atoms with E-state index in [1.54, 1.807) is 27.7 Å². The molecule has 0 saturated carbocycles. The molecule has 5 nitrogen and oxygen atoms in total. The van der Waals surface area contributed by atoms with Crippen LogP contribution in [0.1, 0.15) is 34.6 Å². The number of rotatable bonds is 2. The number of hydrogen-bond acceptors (Lipinski definition) is 5. The molecule has 1 saturated heterocycles. The Morgan fingerprint density at radius 2 is 1.89 bits per heavy atom. The molecule has 2 rings (SSSR count). The van der Waals surface area contributed by atoms with Gasteiger partial charge in [0, 0.05) is 0 Å². The second-order valence-corrected chi connectivity index (χ2v) is 5.23. The van der Waals surface area contributed by atoms with Gasteiger partial charge in [0.25, 0.3) is 5.60 Å². The third kappa shape index (κ3) is 0.983. The Balaban J connectivity index is 2.57. The van der Waals surface area contributed by atoms with Gasteiger partial charge in [0.1, 0.15) is 5.60 Å². The maximum atomic E-state index is 12.0. The molecule has 3 atom stereocenters. The Hall–Kier alpha value is -1.36. The summed E-state index contributed by atoms with van der Waals surface area (Å²) in [6.07, 6.45) is 0. The summed E-state index contributed by atoms with van der Waals surface area (Å²) in [7, 11) is 0. The lowest BCUT2D eigenvalue weighted by Crippen LogP contribution is -2.65. The monoisotopic (exact) mass is 254 g/mol. The predicted molar refractivity (Wildman–Crippen MR) is 62.6 cm³/mol. The summed E-state index contributed by atoms with van der Waals surface area (Å²) >= 11 is 0. The molecule has 100 valence electrons. The van der Waals surface area contributed by atoms with Crippen LogP contribution in [0.3, 0.4) is 0 Å². The molecule has 2 aliphatic rings. The highest BCUT2D eigenvalue weighted by Crippen LogP contribution is 2.65. The molecule has 18 heavy (non-hydrogen) atoms. The van der Waals surface area contributed by atoms with Crippen molar-refractivity contribution in [2.24, 2.45) is 5.41 Å². The Morgan fingerprint density at radius 1 is 1.33 bits per heavy atom. The average Bonchev–Trinajstić information content (AvgIpc) is 2.47. The molecule has 1 fully saturated rings. The van der Waals surface area contributed by atoms with Gasteiger partial charge < -0.3 is 14.6 Å². The molecule has 1 heterocycles. The molecule has 0 aromatic carbocycles. The number of ether oxygens (including phenoxy) is 2. The zero-order valence-electron chi connectivity index (χ0n) is 11.3. The maximum absolute atomic E-state index is 12.0. The largest absolute Gasteiger partial charge is 0.463 e. The highest BCUT2D eigenvalue weighted by atomic mass is 16.6. The van der Waals surface area contributed by atoms with E-state index in [2.05, 4.69) is 0 Å². The fourth-order valence-corrected chi connectivity index (χ4v) is 3.18. The summed E-state index contributed by atoms with van der Waals surface area (Å²) in [5, 5.41) is 10.6. The number of hydrogen-bond donors (Lipinski definition) is 1. The Morgan fingerprint density at radius 3 is 2.39 bits per heavy atom. The van der Waals surface area contributed by atoms with E-state index >= 15 is 0 Å². The van der Waals surface area contributed by atoms with Crippen molar-refractivity contribution in [2.75, 3.05) is 6.61 Å². The first kappa shape index (κ1) is 13.1. The van der Waals surface area contributed by atoms with Crippen molar-refractivity contribution < 1.29 is 24.2 Å². The van der Waals surface area contributed by atoms with Gasteiger partial charge in [0.2, 0.25) is 0 Å². The van der Waals surface area contributed by atoms with Gasteiger partial charge >= 0.3 is 11.9 Å². The van der Waals surface area contributed by atoms with Crippen LogP contribution in [0.25, 0.3) is 0 Å². The van der Waals surface area contributed by atoms with E-state index < -0.39 is 28.6 Å². The van der Waals surface area contributed by atoms with Crippen LogP contribution >= 0.6 is 0 Å². The van der Waals surface area contributed by atoms with Crippen LogP contribution in [-0.4, -0.2) is 34.9 Å². The lowest BCUT2D eigenvalue weighted by Gasteiger charge is -2.53. The first-order chi connectivity index (χ1) is 8.17. The van der Waals surface area contributed by atoms with E-state index in [1.807, 2.05) is 6.92 Å². The van der Waals surface area contributed by atoms with Crippen molar-refractivity contribution in [1.29, 1.82) is 0 Å². The summed E-state index contributed by atoms with van der Waals surface area (Å²) in [4.78, 5) is 23.9. The van der Waals surface area contributed by atoms with E-state index in [9.17, 15) is 14.7 Å². The standard InChI is InChI=1S/C13H18O5/c1-6-17-9(14)13(16)10(15)18-12(5)8(3)7(2)11(12,13)4/h16H,6H2,1-5H3. The van der Waals surface area contributed by atoms with Gasteiger partial charge in [-0.1, -0.05) is 5.57 Å². The average molecular weight is 254 g/mol. The van der Waals surface area contributed by atoms with Gasteiger partial charge in [-0.2, -0.15) is 0 Å². The third-order valence-electron chi connectivity index (χ3n) is 4.87. The van der Waals surface area contributed by atoms with E-state index in [-0.39, 0.29) is 6.61 Å². The molecule has 0 bridgehead atoms. The highest BCUT2D eigenvalue weighted by Gasteiger charge is 2.80. The number of carbonyl (C=O) groups excluding carboxylic acids is 2. The second-order valence-electron chi connectivity index (χ2n) is 5.23. The van der Waals surface area contributed by atoms with Gasteiger partial charge in [-0.25, -0.2) is 9.59 Å². The van der Waals surface area contributed by atoms with Gasteiger partial charge in [0.15, 0.2) is 0 Å². The molecule has 0 aromatic rings. The number of carbonyl (C=O) groups is 2. The Labute approximate surface area is 106 Å². The second kappa shape index (κ2) is 3.35. The van der Waals surface area contributed by atoms with Crippen LogP contribution in [0.2, 0.25) is 0 Å². The molecule has 0 spiro atoms. The normalized spacial score (nSPS) is 42.2. The summed E-state index contributed by atoms with van der Waals surface area (Å²) < 4.78 is 10.1. The summed E-state index contributed by atoms with van der Waals surface area (Å²) in [6.45, 7) is 8.73. The molecule has 0 aromatic heterocycles. The van der Waals surface area contributed by atoms with Crippen LogP contribution in [-0.2, 0) is 19.1 Å². The minimum absolute atomic E-state index is 0.100. The molecule has 1 N–H and O–H groups in total. The first-order valence-electron chi connectivity index (χ1n) is 5.99. The smallest absolute Gasteiger partial charge is 0.352 e. The van der Waals surface area contributed by atoms with Crippen molar-refractivity contribution in [1.82, 2.24) is 0 Å². The minimum atomic E-state index is -2.25. The summed E-state index contributed by atoms with van der Waals surface area (Å²) in [6, 6.07) is 0. The van der Waals surface area contributed by atoms with Crippen molar-refractivity contribution in [3.8, 4) is 0 Å². The number of fused-ring (bicyclic) bond motifs is 1. The molecule has 1 aliphatic carbocycles. The summed E-state index contributed by atoms with van der Waals surface area (Å²) in [5.41, 5.74) is -2.57. The zero-order valence-corrected chi connectivity index (χ0v) is 11.3. The van der Waals surface area contributed by atoms with Crippen molar-refractivity contribution in [3.63, 3.8) is 0 Å². The quantitative estimate of drug-likeness (QED) is 0.451. The van der Waals surface area contributed by atoms with E-state index in [1.165, 1.54) is 0 Å². The van der Waals surface area contributed by atoms with Crippen molar-refractivity contribution >= 4 is 11.9 Å². The maximum Gasteiger partial charge on any atom is 0.352 e. The van der Waals surface area contributed by atoms with Crippen LogP contribution in [0.15, 0.2) is 11.1 Å². The molecule has 5 heteroatoms. The predicted octanol–water partition coefficient (Wildman–Crippen LogP) is 0.952. The van der Waals surface area contributed by atoms with Crippen LogP contribution in [0.4, 0.5) is 0 Å². The lowest BCUT2D eigenvalue weighted by atomic mass is 9.50. The lowest BCUT2D eigenvalue weighted by molar-refractivity contribution is -0.180. The zero-order chi connectivity index (χ0) is 13.9. The van der Waals surface area contributed by atoms with Crippen LogP contribution in [0, 0.1) is 5.41 Å². The molecule has 0 amide bonds. The minimum Gasteiger partial charge on any atom is -0.463 e. The van der Waals surface area contributed by atoms with Gasteiger partial charge in [-0.15, -0.1) is 0 Å². The van der Waals surface area contributed by atoms with E-state index in [4.69, 9.17) is 9.47 Å².